The average Bonchev–Trinajstić information content (AvgIpc) is 2.55. The molecule has 8 heteroatoms. The van der Waals surface area contributed by atoms with Gasteiger partial charge in [0.1, 0.15) is 11.6 Å². The number of nitrogens with zero attached hydrogens (tertiary/aromatic N) is 1. The Kier molecular flexibility index (Phi) is 6.86. The number of ether oxygens (including phenoxy) is 1. The number of hydrogen-bond donors (Lipinski definition) is 2. The van der Waals surface area contributed by atoms with Crippen molar-refractivity contribution in [2.75, 3.05) is 18.5 Å². The van der Waals surface area contributed by atoms with Crippen molar-refractivity contribution in [1.29, 1.82) is 0 Å². The van der Waals surface area contributed by atoms with Crippen LogP contribution in [-0.2, 0) is 6.42 Å². The maximum atomic E-state index is 14.2. The van der Waals surface area contributed by atoms with Crippen LogP contribution < -0.4 is 15.4 Å². The second-order valence-corrected chi connectivity index (χ2v) is 6.09. The van der Waals surface area contributed by atoms with Gasteiger partial charge in [0, 0.05) is 22.8 Å². The second-order valence-electron chi connectivity index (χ2n) is 4.76. The minimum absolute atomic E-state index is 0.0296. The van der Waals surface area contributed by atoms with E-state index in [0.29, 0.717) is 17.5 Å². The van der Waals surface area contributed by atoms with Crippen LogP contribution in [0.25, 0.3) is 0 Å². The van der Waals surface area contributed by atoms with Crippen LogP contribution in [0.1, 0.15) is 12.5 Å². The minimum Gasteiger partial charge on any atom is -0.491 e. The van der Waals surface area contributed by atoms with Gasteiger partial charge in [0.15, 0.2) is 16.7 Å². The molecule has 0 spiro atoms. The molecule has 0 saturated heterocycles. The summed E-state index contributed by atoms with van der Waals surface area (Å²) in [5.74, 6) is -0.654. The predicted octanol–water partition coefficient (Wildman–Crippen LogP) is 4.05. The molecule has 0 aliphatic heterocycles. The average molecular weight is 416 g/mol. The first-order valence-corrected chi connectivity index (χ1v) is 8.47. The molecule has 2 aromatic rings. The Morgan fingerprint density at radius 2 is 2.08 bits per heavy atom. The van der Waals surface area contributed by atoms with E-state index >= 15 is 0 Å². The van der Waals surface area contributed by atoms with Gasteiger partial charge in [0.25, 0.3) is 0 Å². The van der Waals surface area contributed by atoms with E-state index in [1.807, 2.05) is 6.07 Å². The number of pyridine rings is 1. The van der Waals surface area contributed by atoms with Crippen molar-refractivity contribution in [3.8, 4) is 5.75 Å². The van der Waals surface area contributed by atoms with E-state index in [4.69, 9.17) is 17.0 Å². The lowest BCUT2D eigenvalue weighted by Gasteiger charge is -2.12. The second kappa shape index (κ2) is 8.89. The molecule has 1 aromatic carbocycles. The van der Waals surface area contributed by atoms with E-state index in [2.05, 4.69) is 31.5 Å². The number of nitrogens with one attached hydrogen (secondary N) is 2. The van der Waals surface area contributed by atoms with Gasteiger partial charge in [-0.3, -0.25) is 0 Å². The van der Waals surface area contributed by atoms with Crippen molar-refractivity contribution in [1.82, 2.24) is 10.3 Å². The Balaban J connectivity index is 1.90. The predicted molar refractivity (Wildman–Crippen MR) is 97.4 cm³/mol. The van der Waals surface area contributed by atoms with Crippen LogP contribution in [0.2, 0.25) is 0 Å². The number of thiocarbonyl (C=S) groups is 1. The van der Waals surface area contributed by atoms with Crippen LogP contribution >= 0.6 is 28.1 Å². The molecule has 2 N–H and O–H groups in total. The first kappa shape index (κ1) is 18.5. The Hall–Kier alpha value is -1.80. The molecule has 0 aliphatic rings. The largest absolute Gasteiger partial charge is 0.491 e. The van der Waals surface area contributed by atoms with E-state index < -0.39 is 11.6 Å². The van der Waals surface area contributed by atoms with Crippen molar-refractivity contribution >= 4 is 39.1 Å². The Labute approximate surface area is 152 Å². The lowest BCUT2D eigenvalue weighted by Crippen LogP contribution is -2.30. The SMILES string of the molecule is CCOc1ccc(F)c(CCNC(=S)Nc2ccc(Br)cn2)c1F. The molecule has 2 rings (SSSR count). The third-order valence-electron chi connectivity index (χ3n) is 3.08. The highest BCUT2D eigenvalue weighted by Crippen LogP contribution is 2.23. The molecule has 0 bridgehead atoms. The smallest absolute Gasteiger partial charge is 0.171 e. The highest BCUT2D eigenvalue weighted by molar-refractivity contribution is 9.10. The van der Waals surface area contributed by atoms with Crippen molar-refractivity contribution < 1.29 is 13.5 Å². The van der Waals surface area contributed by atoms with Gasteiger partial charge in [-0.2, -0.15) is 0 Å². The Bertz CT molecular complexity index is 713. The summed E-state index contributed by atoms with van der Waals surface area (Å²) >= 11 is 8.42. The lowest BCUT2D eigenvalue weighted by atomic mass is 10.1. The third-order valence-corrected chi connectivity index (χ3v) is 3.80. The van der Waals surface area contributed by atoms with Gasteiger partial charge in [0.2, 0.25) is 0 Å². The normalized spacial score (nSPS) is 10.3. The van der Waals surface area contributed by atoms with Crippen molar-refractivity contribution in [2.45, 2.75) is 13.3 Å². The highest BCUT2D eigenvalue weighted by Gasteiger charge is 2.14. The standard InChI is InChI=1S/C16H16BrF2N3OS/c1-2-23-13-5-4-12(18)11(15(13)19)7-8-20-16(24)22-14-6-3-10(17)9-21-14/h3-6,9H,2,7-8H2,1H3,(H2,20,21,22,24). The van der Waals surface area contributed by atoms with E-state index in [1.165, 1.54) is 12.1 Å². The maximum Gasteiger partial charge on any atom is 0.171 e. The van der Waals surface area contributed by atoms with Gasteiger partial charge in [-0.15, -0.1) is 0 Å². The van der Waals surface area contributed by atoms with Crippen LogP contribution in [0.4, 0.5) is 14.6 Å². The van der Waals surface area contributed by atoms with Crippen LogP contribution in [0.3, 0.4) is 0 Å². The summed E-state index contributed by atoms with van der Waals surface area (Å²) in [5.41, 5.74) is -0.0296. The number of benzene rings is 1. The first-order chi connectivity index (χ1) is 11.5. The number of aromatic nitrogens is 1. The quantitative estimate of drug-likeness (QED) is 0.696. The molecular formula is C16H16BrF2N3OS. The van der Waals surface area contributed by atoms with Crippen molar-refractivity contribution in [2.24, 2.45) is 0 Å². The summed E-state index contributed by atoms with van der Waals surface area (Å²) in [6, 6.07) is 6.06. The van der Waals surface area contributed by atoms with E-state index in [9.17, 15) is 8.78 Å². The molecule has 0 fully saturated rings. The van der Waals surface area contributed by atoms with Gasteiger partial charge in [-0.25, -0.2) is 13.8 Å². The maximum absolute atomic E-state index is 14.2. The van der Waals surface area contributed by atoms with Crippen LogP contribution in [-0.4, -0.2) is 23.2 Å². The molecule has 1 heterocycles. The van der Waals surface area contributed by atoms with Crippen LogP contribution in [0.5, 0.6) is 5.75 Å². The zero-order chi connectivity index (χ0) is 17.5. The van der Waals surface area contributed by atoms with Crippen molar-refractivity contribution in [3.63, 3.8) is 0 Å². The molecule has 128 valence electrons. The van der Waals surface area contributed by atoms with Gasteiger partial charge >= 0.3 is 0 Å². The molecule has 24 heavy (non-hydrogen) atoms. The van der Waals surface area contributed by atoms with Crippen LogP contribution in [0, 0.1) is 11.6 Å². The summed E-state index contributed by atoms with van der Waals surface area (Å²) in [7, 11) is 0. The Morgan fingerprint density at radius 1 is 1.29 bits per heavy atom. The molecule has 0 radical (unpaired) electrons. The monoisotopic (exact) mass is 415 g/mol. The summed E-state index contributed by atoms with van der Waals surface area (Å²) < 4.78 is 34.0. The number of anilines is 1. The molecule has 1 aromatic heterocycles. The summed E-state index contributed by atoms with van der Waals surface area (Å²) in [6.07, 6.45) is 1.77. The zero-order valence-corrected chi connectivity index (χ0v) is 15.3. The van der Waals surface area contributed by atoms with Gasteiger partial charge < -0.3 is 15.4 Å². The highest BCUT2D eigenvalue weighted by atomic mass is 79.9. The zero-order valence-electron chi connectivity index (χ0n) is 12.9. The molecule has 0 aliphatic carbocycles. The van der Waals surface area contributed by atoms with E-state index in [1.54, 1.807) is 19.2 Å². The molecule has 0 saturated carbocycles. The van der Waals surface area contributed by atoms with E-state index in [0.717, 1.165) is 4.47 Å². The molecule has 0 unspecified atom stereocenters. The number of rotatable bonds is 6. The van der Waals surface area contributed by atoms with Gasteiger partial charge in [0.05, 0.1) is 6.61 Å². The summed E-state index contributed by atoms with van der Waals surface area (Å²) in [6.45, 7) is 2.32. The topological polar surface area (TPSA) is 46.2 Å². The molecule has 0 amide bonds. The third kappa shape index (κ3) is 5.10. The summed E-state index contributed by atoms with van der Waals surface area (Å²) in [4.78, 5) is 4.12. The van der Waals surface area contributed by atoms with Gasteiger partial charge in [-0.1, -0.05) is 0 Å². The lowest BCUT2D eigenvalue weighted by molar-refractivity contribution is 0.318. The van der Waals surface area contributed by atoms with Gasteiger partial charge in [-0.05, 0) is 65.8 Å². The molecule has 4 nitrogen and oxygen atoms in total. The molecule has 0 atom stereocenters. The van der Waals surface area contributed by atoms with E-state index in [-0.39, 0.29) is 24.3 Å². The van der Waals surface area contributed by atoms with Crippen molar-refractivity contribution in [3.05, 3.63) is 52.1 Å². The summed E-state index contributed by atoms with van der Waals surface area (Å²) in [5, 5.41) is 6.11. The number of hydrogen-bond acceptors (Lipinski definition) is 3. The molecular weight excluding hydrogens is 400 g/mol. The fraction of sp³-hybridized carbons (Fsp3) is 0.250. The fourth-order valence-electron chi connectivity index (χ4n) is 1.98. The Morgan fingerprint density at radius 3 is 2.75 bits per heavy atom. The minimum atomic E-state index is -0.674. The number of halogens is 3. The first-order valence-electron chi connectivity index (χ1n) is 7.27. The fourth-order valence-corrected chi connectivity index (χ4v) is 2.42. The van der Waals surface area contributed by atoms with Crippen LogP contribution in [0.15, 0.2) is 34.9 Å².